The summed E-state index contributed by atoms with van der Waals surface area (Å²) >= 11 is 0. The summed E-state index contributed by atoms with van der Waals surface area (Å²) in [5, 5.41) is 3.60. The zero-order valence-electron chi connectivity index (χ0n) is 17.8. The summed E-state index contributed by atoms with van der Waals surface area (Å²) in [6, 6.07) is 0. The zero-order valence-corrected chi connectivity index (χ0v) is 17.8. The molecule has 2 aliphatic carbocycles. The molecule has 0 aromatic heterocycles. The van der Waals surface area contributed by atoms with Crippen molar-refractivity contribution < 1.29 is 4.79 Å². The lowest BCUT2D eigenvalue weighted by atomic mass is 9.73. The van der Waals surface area contributed by atoms with E-state index < -0.39 is 0 Å². The third kappa shape index (κ3) is 4.47. The van der Waals surface area contributed by atoms with Gasteiger partial charge in [0, 0.05) is 65.3 Å². The van der Waals surface area contributed by atoms with Crippen LogP contribution in [0.25, 0.3) is 0 Å². The molecule has 2 heterocycles. The molecule has 0 unspecified atom stereocenters. The second-order valence-electron chi connectivity index (χ2n) is 9.50. The first kappa shape index (κ1) is 20.0. The number of hydrogen-bond acceptors (Lipinski definition) is 3. The van der Waals surface area contributed by atoms with Gasteiger partial charge in [-0.1, -0.05) is 25.7 Å². The largest absolute Gasteiger partial charge is 0.355 e. The molecule has 4 aliphatic rings. The Morgan fingerprint density at radius 1 is 0.964 bits per heavy atom. The van der Waals surface area contributed by atoms with Crippen molar-refractivity contribution in [2.24, 2.45) is 16.3 Å². The van der Waals surface area contributed by atoms with Crippen molar-refractivity contribution in [1.82, 2.24) is 20.0 Å². The Bertz CT molecular complexity index is 559. The molecule has 0 radical (unpaired) electrons. The Kier molecular flexibility index (Phi) is 6.44. The van der Waals surface area contributed by atoms with Gasteiger partial charge in [0.1, 0.15) is 0 Å². The van der Waals surface area contributed by atoms with Crippen LogP contribution in [0, 0.1) is 11.3 Å². The van der Waals surface area contributed by atoms with E-state index in [1.807, 2.05) is 7.05 Å². The van der Waals surface area contributed by atoms with Gasteiger partial charge >= 0.3 is 0 Å². The number of piperazine rings is 1. The minimum absolute atomic E-state index is 0.337. The Hall–Kier alpha value is -1.30. The standard InChI is InChI=1S/C22H39N5O/c1-23-21(27-12-10-22(18-27)8-3-2-4-9-22)24-11-13-25-14-16-26(17-15-25)20(28)19-6-5-7-19/h19H,2-18H2,1H3,(H,23,24). The van der Waals surface area contributed by atoms with E-state index >= 15 is 0 Å². The van der Waals surface area contributed by atoms with Crippen molar-refractivity contribution >= 4 is 11.9 Å². The molecular weight excluding hydrogens is 350 g/mol. The Balaban J connectivity index is 1.16. The third-order valence-corrected chi connectivity index (χ3v) is 7.71. The van der Waals surface area contributed by atoms with Crippen LogP contribution in [-0.2, 0) is 4.79 Å². The number of likely N-dealkylation sites (tertiary alicyclic amines) is 1. The first-order valence-corrected chi connectivity index (χ1v) is 11.7. The maximum Gasteiger partial charge on any atom is 0.225 e. The highest BCUT2D eigenvalue weighted by atomic mass is 16.2. The molecule has 2 aliphatic heterocycles. The molecule has 0 bridgehead atoms. The molecule has 6 heteroatoms. The van der Waals surface area contributed by atoms with E-state index in [0.717, 1.165) is 64.6 Å². The van der Waals surface area contributed by atoms with Gasteiger partial charge in [0.25, 0.3) is 0 Å². The molecule has 4 fully saturated rings. The van der Waals surface area contributed by atoms with E-state index in [2.05, 4.69) is 25.0 Å². The monoisotopic (exact) mass is 389 g/mol. The number of hydrogen-bond donors (Lipinski definition) is 1. The van der Waals surface area contributed by atoms with Crippen LogP contribution in [0.15, 0.2) is 4.99 Å². The van der Waals surface area contributed by atoms with Crippen LogP contribution in [0.4, 0.5) is 0 Å². The minimum Gasteiger partial charge on any atom is -0.355 e. The van der Waals surface area contributed by atoms with E-state index in [4.69, 9.17) is 0 Å². The fourth-order valence-corrected chi connectivity index (χ4v) is 5.59. The van der Waals surface area contributed by atoms with Crippen LogP contribution in [0.2, 0.25) is 0 Å². The van der Waals surface area contributed by atoms with Gasteiger partial charge in [-0.3, -0.25) is 14.7 Å². The average molecular weight is 390 g/mol. The van der Waals surface area contributed by atoms with Crippen molar-refractivity contribution in [3.8, 4) is 0 Å². The molecule has 6 nitrogen and oxygen atoms in total. The Morgan fingerprint density at radius 3 is 2.36 bits per heavy atom. The Morgan fingerprint density at radius 2 is 1.71 bits per heavy atom. The Labute approximate surface area is 170 Å². The fraction of sp³-hybridized carbons (Fsp3) is 0.909. The minimum atomic E-state index is 0.337. The molecule has 0 aromatic rings. The number of guanidine groups is 1. The predicted octanol–water partition coefficient (Wildman–Crippen LogP) is 2.16. The molecule has 1 amide bonds. The smallest absolute Gasteiger partial charge is 0.225 e. The number of carbonyl (C=O) groups is 1. The van der Waals surface area contributed by atoms with Crippen molar-refractivity contribution in [3.63, 3.8) is 0 Å². The normalized spacial score (nSPS) is 26.5. The summed E-state index contributed by atoms with van der Waals surface area (Å²) in [5.74, 6) is 1.83. The maximum absolute atomic E-state index is 12.4. The highest BCUT2D eigenvalue weighted by Crippen LogP contribution is 2.43. The highest BCUT2D eigenvalue weighted by Gasteiger charge is 2.39. The van der Waals surface area contributed by atoms with Crippen LogP contribution < -0.4 is 5.32 Å². The molecule has 1 N–H and O–H groups in total. The molecule has 28 heavy (non-hydrogen) atoms. The number of nitrogens with zero attached hydrogens (tertiary/aromatic N) is 4. The molecule has 0 aromatic carbocycles. The van der Waals surface area contributed by atoms with Crippen LogP contribution >= 0.6 is 0 Å². The zero-order chi connectivity index (χ0) is 19.4. The maximum atomic E-state index is 12.4. The summed E-state index contributed by atoms with van der Waals surface area (Å²) in [6.45, 7) is 8.13. The van der Waals surface area contributed by atoms with Gasteiger partial charge in [-0.05, 0) is 37.5 Å². The lowest BCUT2D eigenvalue weighted by Gasteiger charge is -2.38. The van der Waals surface area contributed by atoms with E-state index in [1.54, 1.807) is 0 Å². The summed E-state index contributed by atoms with van der Waals surface area (Å²) in [6.07, 6.45) is 11.9. The van der Waals surface area contributed by atoms with Crippen molar-refractivity contribution in [3.05, 3.63) is 0 Å². The van der Waals surface area contributed by atoms with Crippen LogP contribution in [-0.4, -0.2) is 86.0 Å². The highest BCUT2D eigenvalue weighted by molar-refractivity contribution is 5.80. The quantitative estimate of drug-likeness (QED) is 0.591. The van der Waals surface area contributed by atoms with Gasteiger partial charge < -0.3 is 15.1 Å². The number of carbonyl (C=O) groups excluding carboxylic acids is 1. The first-order chi connectivity index (χ1) is 13.7. The van der Waals surface area contributed by atoms with Crippen LogP contribution in [0.3, 0.4) is 0 Å². The van der Waals surface area contributed by atoms with Gasteiger partial charge in [-0.15, -0.1) is 0 Å². The van der Waals surface area contributed by atoms with E-state index in [9.17, 15) is 4.79 Å². The van der Waals surface area contributed by atoms with Crippen LogP contribution in [0.5, 0.6) is 0 Å². The molecule has 2 saturated heterocycles. The van der Waals surface area contributed by atoms with E-state index in [1.165, 1.54) is 51.5 Å². The second kappa shape index (κ2) is 9.02. The molecule has 1 spiro atoms. The number of aliphatic imine (C=N–C) groups is 1. The number of amides is 1. The molecule has 0 atom stereocenters. The molecule has 4 rings (SSSR count). The lowest BCUT2D eigenvalue weighted by molar-refractivity contribution is -0.139. The first-order valence-electron chi connectivity index (χ1n) is 11.7. The van der Waals surface area contributed by atoms with Gasteiger partial charge in [-0.25, -0.2) is 0 Å². The van der Waals surface area contributed by atoms with Crippen LogP contribution in [0.1, 0.15) is 57.8 Å². The van der Waals surface area contributed by atoms with Gasteiger partial charge in [-0.2, -0.15) is 0 Å². The van der Waals surface area contributed by atoms with Crippen molar-refractivity contribution in [1.29, 1.82) is 0 Å². The van der Waals surface area contributed by atoms with Crippen molar-refractivity contribution in [2.75, 3.05) is 59.4 Å². The third-order valence-electron chi connectivity index (χ3n) is 7.71. The lowest BCUT2D eigenvalue weighted by Crippen LogP contribution is -2.52. The topological polar surface area (TPSA) is 51.2 Å². The summed E-state index contributed by atoms with van der Waals surface area (Å²) in [7, 11) is 1.92. The molecule has 2 saturated carbocycles. The second-order valence-corrected chi connectivity index (χ2v) is 9.50. The SMILES string of the molecule is CN=C(NCCN1CCN(C(=O)C2CCC2)CC1)N1CCC2(CCCCC2)C1. The molecular formula is C22H39N5O. The average Bonchev–Trinajstić information content (AvgIpc) is 3.08. The van der Waals surface area contributed by atoms with E-state index in [-0.39, 0.29) is 0 Å². The predicted molar refractivity (Wildman–Crippen MR) is 113 cm³/mol. The van der Waals surface area contributed by atoms with Gasteiger partial charge in [0.15, 0.2) is 5.96 Å². The number of nitrogens with one attached hydrogen (secondary N) is 1. The van der Waals surface area contributed by atoms with Gasteiger partial charge in [0.2, 0.25) is 5.91 Å². The summed E-state index contributed by atoms with van der Waals surface area (Å²) in [5.41, 5.74) is 0.569. The molecule has 158 valence electrons. The van der Waals surface area contributed by atoms with Gasteiger partial charge in [0.05, 0.1) is 0 Å². The van der Waals surface area contributed by atoms with E-state index in [0.29, 0.717) is 17.2 Å². The summed E-state index contributed by atoms with van der Waals surface area (Å²) < 4.78 is 0. The number of rotatable bonds is 4. The fourth-order valence-electron chi connectivity index (χ4n) is 5.59. The van der Waals surface area contributed by atoms with Crippen molar-refractivity contribution in [2.45, 2.75) is 57.8 Å². The summed E-state index contributed by atoms with van der Waals surface area (Å²) in [4.78, 5) is 24.0.